The van der Waals surface area contributed by atoms with E-state index in [1.54, 1.807) is 0 Å². The Hall–Kier alpha value is -1.87. The van der Waals surface area contributed by atoms with E-state index in [4.69, 9.17) is 20.4 Å². The van der Waals surface area contributed by atoms with Crippen molar-refractivity contribution in [3.8, 4) is 0 Å². The Kier molecular flexibility index (Phi) is 4.32. The first-order valence-corrected chi connectivity index (χ1v) is 3.06. The lowest BCUT2D eigenvalue weighted by Gasteiger charge is -2.10. The molecule has 0 aromatic heterocycles. The van der Waals surface area contributed by atoms with E-state index >= 15 is 0 Å². The molecule has 0 aliphatic heterocycles. The molecular formula is C5H6O9. The van der Waals surface area contributed by atoms with Gasteiger partial charge in [0, 0.05) is 0 Å². The summed E-state index contributed by atoms with van der Waals surface area (Å²) in [5.74, 6) is -3.60. The third kappa shape index (κ3) is 3.69. The number of carbonyl (C=O) groups is 3. The molecule has 0 aromatic carbocycles. The van der Waals surface area contributed by atoms with E-state index < -0.39 is 30.3 Å². The van der Waals surface area contributed by atoms with Crippen LogP contribution in [0, 0.1) is 0 Å². The van der Waals surface area contributed by atoms with Crippen molar-refractivity contribution in [1.82, 2.24) is 0 Å². The Morgan fingerprint density at radius 1 is 0.929 bits per heavy atom. The van der Waals surface area contributed by atoms with Crippen LogP contribution in [0.1, 0.15) is 0 Å². The van der Waals surface area contributed by atoms with Crippen molar-refractivity contribution < 1.29 is 44.6 Å². The fourth-order valence-corrected chi connectivity index (χ4v) is 0.390. The summed E-state index contributed by atoms with van der Waals surface area (Å²) in [7, 11) is 0. The summed E-state index contributed by atoms with van der Waals surface area (Å²) in [6.07, 6.45) is -6.80. The quantitative estimate of drug-likeness (QED) is 0.304. The molecule has 9 nitrogen and oxygen atoms in total. The molecule has 0 aromatic rings. The van der Waals surface area contributed by atoms with Crippen LogP contribution < -0.4 is 0 Å². The second kappa shape index (κ2) is 4.99. The first-order valence-electron chi connectivity index (χ1n) is 3.06. The number of hydrogen-bond donors (Lipinski definition) is 4. The Balaban J connectivity index is 4.11. The third-order valence-corrected chi connectivity index (χ3v) is 0.989. The highest BCUT2D eigenvalue weighted by Gasteiger charge is 2.32. The summed E-state index contributed by atoms with van der Waals surface area (Å²) < 4.78 is 0. The molecule has 0 bridgehead atoms. The number of aliphatic hydroxyl groups is 2. The number of carbonyl (C=O) groups excluding carboxylic acids is 1. The average molecular weight is 210 g/mol. The molecule has 0 spiro atoms. The maximum absolute atomic E-state index is 10.5. The summed E-state index contributed by atoms with van der Waals surface area (Å²) >= 11 is 0. The lowest BCUT2D eigenvalue weighted by Crippen LogP contribution is -2.40. The standard InChI is InChI=1S/C5H6O9/c6-1(3(8)9)2(7)4(10)13-14-5(11)12/h1-2,6-7H,(H,8,9)(H,11,12). The fraction of sp³-hybridized carbons (Fsp3) is 0.400. The number of aliphatic carboxylic acids is 1. The van der Waals surface area contributed by atoms with Crippen molar-refractivity contribution in [2.75, 3.05) is 0 Å². The van der Waals surface area contributed by atoms with Gasteiger partial charge in [0.15, 0.2) is 12.2 Å². The average Bonchev–Trinajstić information content (AvgIpc) is 2.11. The van der Waals surface area contributed by atoms with Crippen molar-refractivity contribution in [3.63, 3.8) is 0 Å². The van der Waals surface area contributed by atoms with E-state index in [9.17, 15) is 14.4 Å². The van der Waals surface area contributed by atoms with Gasteiger partial charge in [-0.25, -0.2) is 24.2 Å². The van der Waals surface area contributed by atoms with Crippen LogP contribution in [0.2, 0.25) is 0 Å². The van der Waals surface area contributed by atoms with Crippen LogP contribution in [0.3, 0.4) is 0 Å². The molecule has 9 heteroatoms. The first kappa shape index (κ1) is 12.1. The summed E-state index contributed by atoms with van der Waals surface area (Å²) in [5, 5.41) is 33.2. The highest BCUT2D eigenvalue weighted by molar-refractivity contribution is 5.84. The zero-order chi connectivity index (χ0) is 11.3. The summed E-state index contributed by atoms with van der Waals surface area (Å²) in [6, 6.07) is 0. The Morgan fingerprint density at radius 3 is 1.79 bits per heavy atom. The minimum absolute atomic E-state index is 1.73. The first-order chi connectivity index (χ1) is 6.36. The normalized spacial score (nSPS) is 13.9. The second-order valence-corrected chi connectivity index (χ2v) is 1.98. The van der Waals surface area contributed by atoms with Crippen LogP contribution in [0.25, 0.3) is 0 Å². The fourth-order valence-electron chi connectivity index (χ4n) is 0.390. The van der Waals surface area contributed by atoms with Crippen LogP contribution in [0.4, 0.5) is 4.79 Å². The molecule has 4 N–H and O–H groups in total. The lowest BCUT2D eigenvalue weighted by molar-refractivity contribution is -0.251. The highest BCUT2D eigenvalue weighted by atomic mass is 17.2. The van der Waals surface area contributed by atoms with Crippen molar-refractivity contribution in [3.05, 3.63) is 0 Å². The summed E-state index contributed by atoms with van der Waals surface area (Å²) in [4.78, 5) is 36.9. The van der Waals surface area contributed by atoms with Gasteiger partial charge in [-0.2, -0.15) is 0 Å². The number of hydrogen-bond acceptors (Lipinski definition) is 7. The van der Waals surface area contributed by atoms with Crippen LogP contribution >= 0.6 is 0 Å². The van der Waals surface area contributed by atoms with Crippen molar-refractivity contribution in [2.24, 2.45) is 0 Å². The lowest BCUT2D eigenvalue weighted by atomic mass is 10.2. The molecule has 2 atom stereocenters. The molecule has 0 saturated heterocycles. The summed E-state index contributed by atoms with van der Waals surface area (Å²) in [5.41, 5.74) is 0. The SMILES string of the molecule is O=C(O)OOC(=O)C(O)C(O)C(=O)O. The van der Waals surface area contributed by atoms with Gasteiger partial charge in [-0.1, -0.05) is 0 Å². The molecule has 0 rings (SSSR count). The van der Waals surface area contributed by atoms with Gasteiger partial charge >= 0.3 is 18.1 Å². The zero-order valence-electron chi connectivity index (χ0n) is 6.48. The van der Waals surface area contributed by atoms with Gasteiger partial charge in [0.2, 0.25) is 0 Å². The topological polar surface area (TPSA) is 151 Å². The zero-order valence-corrected chi connectivity index (χ0v) is 6.48. The van der Waals surface area contributed by atoms with Crippen molar-refractivity contribution in [1.29, 1.82) is 0 Å². The van der Waals surface area contributed by atoms with Crippen LogP contribution in [-0.2, 0) is 19.4 Å². The largest absolute Gasteiger partial charge is 0.547 e. The number of carboxylic acids is 1. The van der Waals surface area contributed by atoms with E-state index in [1.807, 2.05) is 0 Å². The van der Waals surface area contributed by atoms with Gasteiger partial charge in [0.25, 0.3) is 0 Å². The molecule has 0 aliphatic rings. The molecule has 0 amide bonds. The van der Waals surface area contributed by atoms with Crippen LogP contribution in [0.5, 0.6) is 0 Å². The van der Waals surface area contributed by atoms with Crippen LogP contribution in [-0.4, -0.2) is 50.7 Å². The molecular weight excluding hydrogens is 204 g/mol. The Bertz CT molecular complexity index is 246. The van der Waals surface area contributed by atoms with Gasteiger partial charge in [-0.05, 0) is 0 Å². The van der Waals surface area contributed by atoms with Gasteiger partial charge in [0.1, 0.15) is 0 Å². The van der Waals surface area contributed by atoms with E-state index in [0.717, 1.165) is 0 Å². The van der Waals surface area contributed by atoms with Gasteiger partial charge in [-0.3, -0.25) is 0 Å². The molecule has 14 heavy (non-hydrogen) atoms. The molecule has 80 valence electrons. The molecule has 0 fully saturated rings. The van der Waals surface area contributed by atoms with Gasteiger partial charge in [-0.15, -0.1) is 0 Å². The van der Waals surface area contributed by atoms with Crippen LogP contribution in [0.15, 0.2) is 0 Å². The van der Waals surface area contributed by atoms with Gasteiger partial charge < -0.3 is 20.4 Å². The van der Waals surface area contributed by atoms with Gasteiger partial charge in [0.05, 0.1) is 0 Å². The smallest absolute Gasteiger partial charge is 0.479 e. The minimum Gasteiger partial charge on any atom is -0.479 e. The molecule has 0 saturated carbocycles. The maximum Gasteiger partial charge on any atom is 0.547 e. The summed E-state index contributed by atoms with van der Waals surface area (Å²) in [6.45, 7) is 0. The predicted octanol–water partition coefficient (Wildman–Crippen LogP) is -2.05. The number of rotatable bonds is 3. The third-order valence-electron chi connectivity index (χ3n) is 0.989. The monoisotopic (exact) mass is 210 g/mol. The van der Waals surface area contributed by atoms with E-state index in [1.165, 1.54) is 0 Å². The molecule has 0 heterocycles. The van der Waals surface area contributed by atoms with Crippen molar-refractivity contribution in [2.45, 2.75) is 12.2 Å². The number of aliphatic hydroxyl groups excluding tert-OH is 2. The minimum atomic E-state index is -2.42. The molecule has 0 radical (unpaired) electrons. The van der Waals surface area contributed by atoms with Crippen molar-refractivity contribution >= 4 is 18.1 Å². The Labute approximate surface area is 76.0 Å². The maximum atomic E-state index is 10.5. The van der Waals surface area contributed by atoms with E-state index in [0.29, 0.717) is 0 Å². The van der Waals surface area contributed by atoms with E-state index in [2.05, 4.69) is 9.78 Å². The highest BCUT2D eigenvalue weighted by Crippen LogP contribution is 1.97. The molecule has 0 aliphatic carbocycles. The second-order valence-electron chi connectivity index (χ2n) is 1.98. The molecule has 2 unspecified atom stereocenters. The Morgan fingerprint density at radius 2 is 1.43 bits per heavy atom. The number of carboxylic acid groups (broad SMARTS) is 2. The van der Waals surface area contributed by atoms with E-state index in [-0.39, 0.29) is 0 Å². The predicted molar refractivity (Wildman–Crippen MR) is 34.9 cm³/mol.